The number of hydrogen-bond acceptors (Lipinski definition) is 4. The van der Waals surface area contributed by atoms with Crippen LogP contribution in [0.25, 0.3) is 0 Å². The van der Waals surface area contributed by atoms with Gasteiger partial charge in [-0.2, -0.15) is 0 Å². The van der Waals surface area contributed by atoms with E-state index in [1.807, 2.05) is 0 Å². The standard InChI is InChI=1S/C15H11Cl2NO4/c16-9-5-6-10(13(19)7-9)15(21)22-8-14(20)18-12-4-2-1-3-11(12)17/h1-7,19H,8H2,(H,18,20). The Kier molecular flexibility index (Phi) is 5.25. The Morgan fingerprint density at radius 2 is 1.86 bits per heavy atom. The fourth-order valence-electron chi connectivity index (χ4n) is 1.64. The summed E-state index contributed by atoms with van der Waals surface area (Å²) >= 11 is 11.6. The number of halogens is 2. The average Bonchev–Trinajstić information content (AvgIpc) is 2.47. The van der Waals surface area contributed by atoms with Crippen molar-refractivity contribution in [1.82, 2.24) is 0 Å². The van der Waals surface area contributed by atoms with Crippen molar-refractivity contribution in [3.05, 3.63) is 58.1 Å². The molecule has 114 valence electrons. The van der Waals surface area contributed by atoms with E-state index in [4.69, 9.17) is 27.9 Å². The molecule has 0 bridgehead atoms. The van der Waals surface area contributed by atoms with Gasteiger partial charge in [0.2, 0.25) is 0 Å². The molecule has 0 heterocycles. The molecule has 2 aromatic rings. The van der Waals surface area contributed by atoms with Crippen LogP contribution in [0.2, 0.25) is 10.0 Å². The monoisotopic (exact) mass is 339 g/mol. The maximum atomic E-state index is 11.8. The van der Waals surface area contributed by atoms with Gasteiger partial charge in [-0.3, -0.25) is 4.79 Å². The second-order valence-electron chi connectivity index (χ2n) is 4.27. The summed E-state index contributed by atoms with van der Waals surface area (Å²) in [6.07, 6.45) is 0. The molecule has 0 saturated heterocycles. The van der Waals surface area contributed by atoms with Crippen LogP contribution in [-0.2, 0) is 9.53 Å². The van der Waals surface area contributed by atoms with Gasteiger partial charge in [0.15, 0.2) is 6.61 Å². The van der Waals surface area contributed by atoms with E-state index in [-0.39, 0.29) is 16.3 Å². The maximum absolute atomic E-state index is 11.8. The second-order valence-corrected chi connectivity index (χ2v) is 5.11. The van der Waals surface area contributed by atoms with Gasteiger partial charge < -0.3 is 15.2 Å². The number of phenols is 1. The molecule has 0 fully saturated rings. The highest BCUT2D eigenvalue weighted by molar-refractivity contribution is 6.33. The maximum Gasteiger partial charge on any atom is 0.342 e. The summed E-state index contributed by atoms with van der Waals surface area (Å²) in [4.78, 5) is 23.5. The molecule has 0 saturated carbocycles. The predicted octanol–water partition coefficient (Wildman–Crippen LogP) is 3.49. The van der Waals surface area contributed by atoms with Crippen LogP contribution in [0.4, 0.5) is 5.69 Å². The van der Waals surface area contributed by atoms with Gasteiger partial charge in [-0.25, -0.2) is 4.79 Å². The molecular weight excluding hydrogens is 329 g/mol. The summed E-state index contributed by atoms with van der Waals surface area (Å²) in [5.74, 6) is -1.69. The largest absolute Gasteiger partial charge is 0.507 e. The first-order valence-electron chi connectivity index (χ1n) is 6.17. The van der Waals surface area contributed by atoms with E-state index in [2.05, 4.69) is 5.32 Å². The van der Waals surface area contributed by atoms with Gasteiger partial charge in [0.05, 0.1) is 10.7 Å². The van der Waals surface area contributed by atoms with Crippen LogP contribution in [0, 0.1) is 0 Å². The lowest BCUT2D eigenvalue weighted by molar-refractivity contribution is -0.119. The lowest BCUT2D eigenvalue weighted by Crippen LogP contribution is -2.21. The van der Waals surface area contributed by atoms with Crippen molar-refractivity contribution < 1.29 is 19.4 Å². The quantitative estimate of drug-likeness (QED) is 0.836. The molecule has 0 aliphatic heterocycles. The number of aromatic hydroxyl groups is 1. The highest BCUT2D eigenvalue weighted by Gasteiger charge is 2.15. The third-order valence-electron chi connectivity index (χ3n) is 2.66. The van der Waals surface area contributed by atoms with Gasteiger partial charge in [-0.1, -0.05) is 35.3 Å². The molecule has 2 aromatic carbocycles. The van der Waals surface area contributed by atoms with Crippen molar-refractivity contribution >= 4 is 40.8 Å². The van der Waals surface area contributed by atoms with Crippen LogP contribution in [0.3, 0.4) is 0 Å². The molecule has 0 spiro atoms. The van der Waals surface area contributed by atoms with Gasteiger partial charge in [0.25, 0.3) is 5.91 Å². The molecule has 0 aliphatic carbocycles. The van der Waals surface area contributed by atoms with Gasteiger partial charge >= 0.3 is 5.97 Å². The zero-order valence-corrected chi connectivity index (χ0v) is 12.7. The van der Waals surface area contributed by atoms with Crippen molar-refractivity contribution in [2.45, 2.75) is 0 Å². The topological polar surface area (TPSA) is 75.6 Å². The number of carbonyl (C=O) groups is 2. The number of amides is 1. The van der Waals surface area contributed by atoms with Gasteiger partial charge in [0, 0.05) is 5.02 Å². The van der Waals surface area contributed by atoms with E-state index in [9.17, 15) is 14.7 Å². The van der Waals surface area contributed by atoms with Crippen LogP contribution in [0.5, 0.6) is 5.75 Å². The Morgan fingerprint density at radius 3 is 2.55 bits per heavy atom. The Bertz CT molecular complexity index is 718. The first kappa shape index (κ1) is 16.1. The van der Waals surface area contributed by atoms with E-state index in [0.29, 0.717) is 10.7 Å². The number of anilines is 1. The first-order valence-corrected chi connectivity index (χ1v) is 6.93. The number of hydrogen-bond donors (Lipinski definition) is 2. The number of ether oxygens (including phenoxy) is 1. The first-order chi connectivity index (χ1) is 10.5. The summed E-state index contributed by atoms with van der Waals surface area (Å²) in [5, 5.41) is 12.8. The number of esters is 1. The lowest BCUT2D eigenvalue weighted by Gasteiger charge is -2.08. The number of benzene rings is 2. The zero-order chi connectivity index (χ0) is 16.1. The normalized spacial score (nSPS) is 10.1. The summed E-state index contributed by atoms with van der Waals surface area (Å²) in [7, 11) is 0. The van der Waals surface area contributed by atoms with E-state index < -0.39 is 18.5 Å². The fourth-order valence-corrected chi connectivity index (χ4v) is 1.98. The van der Waals surface area contributed by atoms with E-state index in [1.165, 1.54) is 18.2 Å². The molecule has 22 heavy (non-hydrogen) atoms. The van der Waals surface area contributed by atoms with Crippen molar-refractivity contribution in [1.29, 1.82) is 0 Å². The predicted molar refractivity (Wildman–Crippen MR) is 83.5 cm³/mol. The number of rotatable bonds is 4. The molecule has 5 nitrogen and oxygen atoms in total. The van der Waals surface area contributed by atoms with E-state index >= 15 is 0 Å². The summed E-state index contributed by atoms with van der Waals surface area (Å²) in [6, 6.07) is 10.6. The highest BCUT2D eigenvalue weighted by atomic mass is 35.5. The molecule has 2 N–H and O–H groups in total. The van der Waals surface area contributed by atoms with Gasteiger partial charge in [-0.15, -0.1) is 0 Å². The highest BCUT2D eigenvalue weighted by Crippen LogP contribution is 2.23. The Balaban J connectivity index is 1.93. The molecule has 0 aromatic heterocycles. The molecular formula is C15H11Cl2NO4. The molecule has 0 aliphatic rings. The van der Waals surface area contributed by atoms with Crippen molar-refractivity contribution in [3.8, 4) is 5.75 Å². The van der Waals surface area contributed by atoms with Crippen LogP contribution in [-0.4, -0.2) is 23.6 Å². The summed E-state index contributed by atoms with van der Waals surface area (Å²) in [5.41, 5.74) is 0.342. The Morgan fingerprint density at radius 1 is 1.14 bits per heavy atom. The SMILES string of the molecule is O=C(COC(=O)c1ccc(Cl)cc1O)Nc1ccccc1Cl. The third-order valence-corrected chi connectivity index (χ3v) is 3.23. The number of para-hydroxylation sites is 1. The molecule has 2 rings (SSSR count). The zero-order valence-electron chi connectivity index (χ0n) is 11.2. The Hall–Kier alpha value is -2.24. The van der Waals surface area contributed by atoms with Crippen LogP contribution in [0.15, 0.2) is 42.5 Å². The van der Waals surface area contributed by atoms with Gasteiger partial charge in [0.1, 0.15) is 11.3 Å². The van der Waals surface area contributed by atoms with Crippen molar-refractivity contribution in [2.75, 3.05) is 11.9 Å². The van der Waals surface area contributed by atoms with Crippen molar-refractivity contribution in [3.63, 3.8) is 0 Å². The molecule has 0 radical (unpaired) electrons. The minimum Gasteiger partial charge on any atom is -0.507 e. The summed E-state index contributed by atoms with van der Waals surface area (Å²) in [6.45, 7) is -0.508. The minimum absolute atomic E-state index is 0.0741. The number of nitrogens with one attached hydrogen (secondary N) is 1. The molecule has 7 heteroatoms. The number of phenolic OH excluding ortho intramolecular Hbond substituents is 1. The van der Waals surface area contributed by atoms with Crippen LogP contribution < -0.4 is 5.32 Å². The lowest BCUT2D eigenvalue weighted by atomic mass is 10.2. The fraction of sp³-hybridized carbons (Fsp3) is 0.0667. The molecule has 1 amide bonds. The smallest absolute Gasteiger partial charge is 0.342 e. The van der Waals surface area contributed by atoms with E-state index in [1.54, 1.807) is 24.3 Å². The second kappa shape index (κ2) is 7.15. The van der Waals surface area contributed by atoms with E-state index in [0.717, 1.165) is 0 Å². The minimum atomic E-state index is -0.830. The number of carbonyl (C=O) groups excluding carboxylic acids is 2. The molecule has 0 atom stereocenters. The van der Waals surface area contributed by atoms with Crippen LogP contribution >= 0.6 is 23.2 Å². The van der Waals surface area contributed by atoms with Crippen molar-refractivity contribution in [2.24, 2.45) is 0 Å². The third kappa shape index (κ3) is 4.13. The Labute approximate surface area is 136 Å². The summed E-state index contributed by atoms with van der Waals surface area (Å²) < 4.78 is 4.83. The average molecular weight is 340 g/mol. The van der Waals surface area contributed by atoms with Crippen LogP contribution in [0.1, 0.15) is 10.4 Å². The molecule has 0 unspecified atom stereocenters. The van der Waals surface area contributed by atoms with Gasteiger partial charge in [-0.05, 0) is 30.3 Å².